The van der Waals surface area contributed by atoms with Crippen LogP contribution in [0.1, 0.15) is 18.0 Å². The molecule has 0 bridgehead atoms. The first kappa shape index (κ1) is 15.6. The molecule has 1 N–H and O–H groups in total. The second-order valence-electron chi connectivity index (χ2n) is 5.25. The third-order valence-electron chi connectivity index (χ3n) is 3.89. The number of fused-ring (bicyclic) bond motifs is 1. The number of ether oxygens (including phenoxy) is 1. The molecule has 118 valence electrons. The Morgan fingerprint density at radius 3 is 2.87 bits per heavy atom. The van der Waals surface area contributed by atoms with Gasteiger partial charge in [0.1, 0.15) is 5.75 Å². The van der Waals surface area contributed by atoms with Crippen LogP contribution in [0, 0.1) is 0 Å². The summed E-state index contributed by atoms with van der Waals surface area (Å²) in [4.78, 5) is 12.3. The highest BCUT2D eigenvalue weighted by atomic mass is 79.9. The van der Waals surface area contributed by atoms with Gasteiger partial charge in [0.05, 0.1) is 24.1 Å². The van der Waals surface area contributed by atoms with Gasteiger partial charge in [-0.25, -0.2) is 0 Å². The average Bonchev–Trinajstić information content (AvgIpc) is 2.88. The number of methoxy groups -OCH3 is 1. The first-order valence-electron chi connectivity index (χ1n) is 7.29. The summed E-state index contributed by atoms with van der Waals surface area (Å²) in [5.74, 6) is 0.789. The molecule has 1 aromatic heterocycles. The molecule has 1 unspecified atom stereocenters. The molecule has 23 heavy (non-hydrogen) atoms. The molecule has 4 nitrogen and oxygen atoms in total. The van der Waals surface area contributed by atoms with Crippen molar-refractivity contribution >= 4 is 26.8 Å². The van der Waals surface area contributed by atoms with E-state index >= 15 is 0 Å². The minimum Gasteiger partial charge on any atom is -0.496 e. The Hall–Kier alpha value is -2.27. The molecule has 1 heterocycles. The molecule has 3 aromatic rings. The van der Waals surface area contributed by atoms with Crippen LogP contribution in [0.25, 0.3) is 10.9 Å². The van der Waals surface area contributed by atoms with Crippen LogP contribution in [0.4, 0.5) is 0 Å². The third-order valence-corrected chi connectivity index (χ3v) is 4.38. The van der Waals surface area contributed by atoms with Gasteiger partial charge in [-0.3, -0.25) is 14.6 Å². The number of nitrogens with zero attached hydrogens (tertiary/aromatic N) is 1. The number of aromatic amines is 1. The van der Waals surface area contributed by atoms with E-state index in [1.807, 2.05) is 53.2 Å². The zero-order valence-corrected chi connectivity index (χ0v) is 14.3. The fraction of sp³-hybridized carbons (Fsp3) is 0.167. The molecule has 0 aliphatic rings. The minimum absolute atomic E-state index is 0.0943. The Morgan fingerprint density at radius 1 is 1.35 bits per heavy atom. The fourth-order valence-electron chi connectivity index (χ4n) is 2.84. The van der Waals surface area contributed by atoms with E-state index < -0.39 is 0 Å². The Bertz CT molecular complexity index is 911. The van der Waals surface area contributed by atoms with Gasteiger partial charge in [-0.05, 0) is 30.7 Å². The molecule has 0 saturated heterocycles. The largest absolute Gasteiger partial charge is 0.496 e. The summed E-state index contributed by atoms with van der Waals surface area (Å²) < 4.78 is 8.30. The summed E-state index contributed by atoms with van der Waals surface area (Å²) >= 11 is 3.47. The standard InChI is InChI=1S/C18H17BrN2O2/c1-3-6-15(13-7-4-5-8-17(13)23-2)21-16-11-12(19)9-10-14(16)18(22)20-21/h3-5,7-11,15H,1,6H2,2H3,(H,20,22). The number of aromatic nitrogens is 2. The average molecular weight is 373 g/mol. The highest BCUT2D eigenvalue weighted by Crippen LogP contribution is 2.32. The van der Waals surface area contributed by atoms with Crippen LogP contribution in [0.3, 0.4) is 0 Å². The quantitative estimate of drug-likeness (QED) is 0.679. The van der Waals surface area contributed by atoms with E-state index in [0.29, 0.717) is 11.8 Å². The van der Waals surface area contributed by atoms with Crippen molar-refractivity contribution in [2.75, 3.05) is 7.11 Å². The molecule has 5 heteroatoms. The highest BCUT2D eigenvalue weighted by molar-refractivity contribution is 9.10. The Morgan fingerprint density at radius 2 is 2.13 bits per heavy atom. The second-order valence-corrected chi connectivity index (χ2v) is 6.17. The first-order valence-corrected chi connectivity index (χ1v) is 8.08. The smallest absolute Gasteiger partial charge is 0.271 e. The predicted molar refractivity (Wildman–Crippen MR) is 96.2 cm³/mol. The number of halogens is 1. The van der Waals surface area contributed by atoms with E-state index in [9.17, 15) is 4.79 Å². The van der Waals surface area contributed by atoms with Gasteiger partial charge in [-0.15, -0.1) is 6.58 Å². The Kier molecular flexibility index (Phi) is 4.39. The fourth-order valence-corrected chi connectivity index (χ4v) is 3.19. The normalized spacial score (nSPS) is 12.3. The molecule has 3 rings (SSSR count). The summed E-state index contributed by atoms with van der Waals surface area (Å²) in [6.45, 7) is 3.86. The maximum Gasteiger partial charge on any atom is 0.271 e. The molecule has 0 spiro atoms. The summed E-state index contributed by atoms with van der Waals surface area (Å²) in [6.07, 6.45) is 2.52. The molecular weight excluding hydrogens is 356 g/mol. The van der Waals surface area contributed by atoms with Gasteiger partial charge in [0, 0.05) is 10.0 Å². The monoisotopic (exact) mass is 372 g/mol. The van der Waals surface area contributed by atoms with Gasteiger partial charge in [-0.2, -0.15) is 0 Å². The number of nitrogens with one attached hydrogen (secondary N) is 1. The van der Waals surface area contributed by atoms with Crippen molar-refractivity contribution in [1.29, 1.82) is 0 Å². The minimum atomic E-state index is -0.100. The number of hydrogen-bond donors (Lipinski definition) is 1. The molecule has 0 saturated carbocycles. The van der Waals surface area contributed by atoms with Crippen molar-refractivity contribution in [2.24, 2.45) is 0 Å². The van der Waals surface area contributed by atoms with E-state index in [2.05, 4.69) is 27.6 Å². The van der Waals surface area contributed by atoms with E-state index in [-0.39, 0.29) is 11.6 Å². The van der Waals surface area contributed by atoms with Gasteiger partial charge in [0.2, 0.25) is 0 Å². The van der Waals surface area contributed by atoms with Crippen molar-refractivity contribution < 1.29 is 4.74 Å². The summed E-state index contributed by atoms with van der Waals surface area (Å²) in [5.41, 5.74) is 1.75. The molecule has 2 aromatic carbocycles. The van der Waals surface area contributed by atoms with Crippen LogP contribution < -0.4 is 10.3 Å². The number of H-pyrrole nitrogens is 1. The predicted octanol–water partition coefficient (Wildman–Crippen LogP) is 4.27. The lowest BCUT2D eigenvalue weighted by molar-refractivity contribution is 0.398. The topological polar surface area (TPSA) is 47.0 Å². The van der Waals surface area contributed by atoms with Crippen LogP contribution in [0.15, 0.2) is 64.4 Å². The van der Waals surface area contributed by atoms with Gasteiger partial charge in [0.25, 0.3) is 5.56 Å². The zero-order valence-electron chi connectivity index (χ0n) is 12.8. The van der Waals surface area contributed by atoms with E-state index in [0.717, 1.165) is 21.3 Å². The molecule has 1 atom stereocenters. The SMILES string of the molecule is C=CCC(c1ccccc1OC)n1[nH]c(=O)c2ccc(Br)cc21. The maximum absolute atomic E-state index is 12.3. The lowest BCUT2D eigenvalue weighted by Gasteiger charge is -2.21. The van der Waals surface area contributed by atoms with E-state index in [1.54, 1.807) is 7.11 Å². The highest BCUT2D eigenvalue weighted by Gasteiger charge is 2.20. The summed E-state index contributed by atoms with van der Waals surface area (Å²) in [6, 6.07) is 13.4. The van der Waals surface area contributed by atoms with Crippen molar-refractivity contribution in [1.82, 2.24) is 9.78 Å². The Balaban J connectivity index is 2.25. The van der Waals surface area contributed by atoms with Crippen LogP contribution >= 0.6 is 15.9 Å². The molecule has 0 aliphatic heterocycles. The molecule has 0 aliphatic carbocycles. The molecule has 0 amide bonds. The number of para-hydroxylation sites is 1. The van der Waals surface area contributed by atoms with E-state index in [4.69, 9.17) is 4.74 Å². The van der Waals surface area contributed by atoms with E-state index in [1.165, 1.54) is 0 Å². The van der Waals surface area contributed by atoms with Crippen LogP contribution in [0.5, 0.6) is 5.75 Å². The molecule has 0 radical (unpaired) electrons. The summed E-state index contributed by atoms with van der Waals surface area (Å²) in [7, 11) is 1.65. The lowest BCUT2D eigenvalue weighted by atomic mass is 10.0. The first-order chi connectivity index (χ1) is 11.2. The van der Waals surface area contributed by atoms with Crippen LogP contribution in [0.2, 0.25) is 0 Å². The number of allylic oxidation sites excluding steroid dienone is 1. The number of benzene rings is 2. The van der Waals surface area contributed by atoms with Crippen molar-refractivity contribution in [2.45, 2.75) is 12.5 Å². The van der Waals surface area contributed by atoms with Crippen molar-refractivity contribution in [3.05, 3.63) is 75.5 Å². The van der Waals surface area contributed by atoms with Gasteiger partial charge in [-0.1, -0.05) is 40.2 Å². The second kappa shape index (κ2) is 6.46. The van der Waals surface area contributed by atoms with Crippen LogP contribution in [-0.2, 0) is 0 Å². The maximum atomic E-state index is 12.3. The van der Waals surface area contributed by atoms with Crippen LogP contribution in [-0.4, -0.2) is 16.9 Å². The zero-order chi connectivity index (χ0) is 16.4. The Labute approximate surface area is 142 Å². The lowest BCUT2D eigenvalue weighted by Crippen LogP contribution is -2.15. The van der Waals surface area contributed by atoms with Crippen molar-refractivity contribution in [3.8, 4) is 5.75 Å². The molecule has 0 fully saturated rings. The summed E-state index contributed by atoms with van der Waals surface area (Å²) in [5, 5.41) is 3.62. The van der Waals surface area contributed by atoms with Crippen molar-refractivity contribution in [3.63, 3.8) is 0 Å². The third kappa shape index (κ3) is 2.84. The molecular formula is C18H17BrN2O2. The number of hydrogen-bond acceptors (Lipinski definition) is 2. The van der Waals surface area contributed by atoms with Gasteiger partial charge < -0.3 is 4.74 Å². The van der Waals surface area contributed by atoms with Gasteiger partial charge in [0.15, 0.2) is 0 Å². The number of rotatable bonds is 5. The van der Waals surface area contributed by atoms with Gasteiger partial charge >= 0.3 is 0 Å².